The maximum atomic E-state index is 12.4. The number of hydrogen-bond acceptors (Lipinski definition) is 6. The van der Waals surface area contributed by atoms with Crippen molar-refractivity contribution in [1.82, 2.24) is 4.98 Å². The lowest BCUT2D eigenvalue weighted by Crippen LogP contribution is -2.16. The van der Waals surface area contributed by atoms with Crippen LogP contribution in [0.1, 0.15) is 22.4 Å². The van der Waals surface area contributed by atoms with Crippen LogP contribution in [0.5, 0.6) is 0 Å². The molecule has 1 heterocycles. The molecule has 0 saturated carbocycles. The molecule has 0 radical (unpaired) electrons. The number of rotatable bonds is 6. The van der Waals surface area contributed by atoms with Crippen LogP contribution in [0, 0.1) is 20.8 Å². The number of sulfone groups is 1. The number of carbonyl (C=O) groups excluding carboxylic acids is 1. The van der Waals surface area contributed by atoms with Crippen molar-refractivity contribution in [2.45, 2.75) is 32.1 Å². The van der Waals surface area contributed by atoms with Gasteiger partial charge >= 0.3 is 0 Å². The Balaban J connectivity index is 1.64. The maximum Gasteiger partial charge on any atom is 0.230 e. The van der Waals surface area contributed by atoms with Crippen molar-refractivity contribution in [2.75, 3.05) is 16.9 Å². The van der Waals surface area contributed by atoms with E-state index in [0.717, 1.165) is 28.1 Å². The van der Waals surface area contributed by atoms with Gasteiger partial charge in [0.1, 0.15) is 0 Å². The van der Waals surface area contributed by atoms with Crippen molar-refractivity contribution < 1.29 is 13.2 Å². The average molecular weight is 430 g/mol. The highest BCUT2D eigenvalue weighted by Crippen LogP contribution is 2.24. The average Bonchev–Trinajstić information content (AvgIpc) is 3.04. The smallest absolute Gasteiger partial charge is 0.230 e. The zero-order valence-electron chi connectivity index (χ0n) is 16.7. The van der Waals surface area contributed by atoms with Gasteiger partial charge in [-0.25, -0.2) is 13.4 Å². The van der Waals surface area contributed by atoms with Crippen LogP contribution in [0.25, 0.3) is 0 Å². The van der Waals surface area contributed by atoms with E-state index < -0.39 is 9.84 Å². The van der Waals surface area contributed by atoms with E-state index in [-0.39, 0.29) is 17.2 Å². The number of carbonyl (C=O) groups is 1. The highest BCUT2D eigenvalue weighted by Gasteiger charge is 2.12. The minimum absolute atomic E-state index is 0.116. The van der Waals surface area contributed by atoms with E-state index in [1.807, 2.05) is 38.3 Å². The molecule has 2 aromatic carbocycles. The van der Waals surface area contributed by atoms with E-state index in [4.69, 9.17) is 0 Å². The molecule has 0 aliphatic rings. The summed E-state index contributed by atoms with van der Waals surface area (Å²) in [6.07, 6.45) is 1.35. The number of aryl methyl sites for hydroxylation is 3. The fraction of sp³-hybridized carbons (Fsp3) is 0.238. The molecule has 1 aromatic heterocycles. The van der Waals surface area contributed by atoms with Gasteiger partial charge in [0.2, 0.25) is 5.91 Å². The summed E-state index contributed by atoms with van der Waals surface area (Å²) in [6, 6.07) is 10.6. The van der Waals surface area contributed by atoms with Crippen molar-refractivity contribution in [3.8, 4) is 0 Å². The third-order valence-corrected chi connectivity index (χ3v) is 6.30. The molecule has 152 valence electrons. The first-order valence-electron chi connectivity index (χ1n) is 9.01. The van der Waals surface area contributed by atoms with Gasteiger partial charge in [0, 0.05) is 23.0 Å². The normalized spacial score (nSPS) is 11.3. The first kappa shape index (κ1) is 21.0. The number of nitrogens with one attached hydrogen (secondary N) is 2. The Morgan fingerprint density at radius 1 is 1.07 bits per heavy atom. The third-order valence-electron chi connectivity index (χ3n) is 4.37. The van der Waals surface area contributed by atoms with Gasteiger partial charge in [0.05, 0.1) is 17.0 Å². The van der Waals surface area contributed by atoms with Crippen LogP contribution in [0.15, 0.2) is 46.7 Å². The maximum absolute atomic E-state index is 12.4. The molecule has 3 aromatic rings. The minimum atomic E-state index is -3.22. The highest BCUT2D eigenvalue weighted by molar-refractivity contribution is 7.90. The topological polar surface area (TPSA) is 88.2 Å². The molecule has 0 atom stereocenters. The lowest BCUT2D eigenvalue weighted by molar-refractivity contribution is -0.115. The molecule has 0 unspecified atom stereocenters. The van der Waals surface area contributed by atoms with E-state index in [2.05, 4.69) is 15.6 Å². The number of aromatic nitrogens is 1. The molecule has 1 amide bonds. The first-order chi connectivity index (χ1) is 13.6. The Morgan fingerprint density at radius 3 is 2.28 bits per heavy atom. The summed E-state index contributed by atoms with van der Waals surface area (Å²) in [6.45, 7) is 6.00. The van der Waals surface area contributed by atoms with Crippen LogP contribution < -0.4 is 10.6 Å². The minimum Gasteiger partial charge on any atom is -0.332 e. The molecular formula is C21H23N3O3S2. The van der Waals surface area contributed by atoms with Crippen molar-refractivity contribution >= 4 is 43.6 Å². The predicted octanol–water partition coefficient (Wildman–Crippen LogP) is 4.40. The fourth-order valence-electron chi connectivity index (χ4n) is 3.08. The second-order valence-electron chi connectivity index (χ2n) is 7.06. The SMILES string of the molecule is Cc1cc(C)c(NC(=O)Cc2csc(Nc3ccc(S(C)(=O)=O)cc3)n2)c(C)c1. The van der Waals surface area contributed by atoms with Gasteiger partial charge in [-0.3, -0.25) is 4.79 Å². The van der Waals surface area contributed by atoms with Crippen molar-refractivity contribution in [2.24, 2.45) is 0 Å². The fourth-order valence-corrected chi connectivity index (χ4v) is 4.44. The molecule has 3 rings (SSSR count). The van der Waals surface area contributed by atoms with Gasteiger partial charge in [-0.2, -0.15) is 0 Å². The Morgan fingerprint density at radius 2 is 1.69 bits per heavy atom. The molecular weight excluding hydrogens is 406 g/mol. The summed E-state index contributed by atoms with van der Waals surface area (Å²) in [5.74, 6) is -0.116. The summed E-state index contributed by atoms with van der Waals surface area (Å²) in [7, 11) is -3.22. The molecule has 29 heavy (non-hydrogen) atoms. The van der Waals surface area contributed by atoms with E-state index in [1.54, 1.807) is 24.3 Å². The second-order valence-corrected chi connectivity index (χ2v) is 9.94. The van der Waals surface area contributed by atoms with Gasteiger partial charge in [0.25, 0.3) is 0 Å². The molecule has 0 aliphatic heterocycles. The van der Waals surface area contributed by atoms with Gasteiger partial charge in [-0.1, -0.05) is 17.7 Å². The quantitative estimate of drug-likeness (QED) is 0.606. The Labute approximate surface area is 174 Å². The number of hydrogen-bond donors (Lipinski definition) is 2. The Kier molecular flexibility index (Phi) is 6.04. The van der Waals surface area contributed by atoms with Crippen LogP contribution in [-0.2, 0) is 21.1 Å². The third kappa shape index (κ3) is 5.42. The first-order valence-corrected chi connectivity index (χ1v) is 11.8. The van der Waals surface area contributed by atoms with E-state index in [9.17, 15) is 13.2 Å². The van der Waals surface area contributed by atoms with Crippen molar-refractivity contribution in [3.05, 3.63) is 64.2 Å². The molecule has 6 nitrogen and oxygen atoms in total. The second kappa shape index (κ2) is 8.34. The molecule has 0 aliphatic carbocycles. The molecule has 0 spiro atoms. The number of thiazole rings is 1. The van der Waals surface area contributed by atoms with Crippen LogP contribution in [0.3, 0.4) is 0 Å². The predicted molar refractivity (Wildman–Crippen MR) is 118 cm³/mol. The molecule has 8 heteroatoms. The summed E-state index contributed by atoms with van der Waals surface area (Å²) in [5.41, 5.74) is 5.49. The molecule has 2 N–H and O–H groups in total. The van der Waals surface area contributed by atoms with Gasteiger partial charge in [-0.05, 0) is 56.2 Å². The number of anilines is 3. The molecule has 0 fully saturated rings. The number of amides is 1. The van der Waals surface area contributed by atoms with Crippen molar-refractivity contribution in [3.63, 3.8) is 0 Å². The zero-order valence-corrected chi connectivity index (χ0v) is 18.4. The lowest BCUT2D eigenvalue weighted by Gasteiger charge is -2.12. The van der Waals surface area contributed by atoms with Crippen LogP contribution >= 0.6 is 11.3 Å². The number of nitrogens with zero attached hydrogens (tertiary/aromatic N) is 1. The monoisotopic (exact) mass is 429 g/mol. The van der Waals surface area contributed by atoms with E-state index in [1.165, 1.54) is 17.6 Å². The number of benzene rings is 2. The van der Waals surface area contributed by atoms with Gasteiger partial charge in [-0.15, -0.1) is 11.3 Å². The Bertz CT molecular complexity index is 1130. The summed E-state index contributed by atoms with van der Waals surface area (Å²) in [4.78, 5) is 17.2. The molecule has 0 bridgehead atoms. The Hall–Kier alpha value is -2.71. The summed E-state index contributed by atoms with van der Waals surface area (Å²) < 4.78 is 23.1. The summed E-state index contributed by atoms with van der Waals surface area (Å²) in [5, 5.41) is 8.59. The van der Waals surface area contributed by atoms with Gasteiger partial charge < -0.3 is 10.6 Å². The largest absolute Gasteiger partial charge is 0.332 e. The standard InChI is InChI=1S/C21H23N3O3S2/c1-13-9-14(2)20(15(3)10-13)24-19(25)11-17-12-28-21(23-17)22-16-5-7-18(8-6-16)29(4,26)27/h5-10,12H,11H2,1-4H3,(H,22,23)(H,24,25). The van der Waals surface area contributed by atoms with E-state index in [0.29, 0.717) is 10.8 Å². The van der Waals surface area contributed by atoms with Crippen LogP contribution in [0.2, 0.25) is 0 Å². The van der Waals surface area contributed by atoms with E-state index >= 15 is 0 Å². The van der Waals surface area contributed by atoms with Crippen molar-refractivity contribution in [1.29, 1.82) is 0 Å². The lowest BCUT2D eigenvalue weighted by atomic mass is 10.0. The van der Waals surface area contributed by atoms with Crippen LogP contribution in [0.4, 0.5) is 16.5 Å². The highest BCUT2D eigenvalue weighted by atomic mass is 32.2. The zero-order chi connectivity index (χ0) is 21.2. The van der Waals surface area contributed by atoms with Crippen LogP contribution in [-0.4, -0.2) is 25.6 Å². The molecule has 0 saturated heterocycles. The summed E-state index contributed by atoms with van der Waals surface area (Å²) >= 11 is 1.39. The van der Waals surface area contributed by atoms with Gasteiger partial charge in [0.15, 0.2) is 15.0 Å².